The van der Waals surface area contributed by atoms with Gasteiger partial charge in [0.1, 0.15) is 0 Å². The maximum atomic E-state index is 8.91. The van der Waals surface area contributed by atoms with Gasteiger partial charge in [-0.3, -0.25) is 0 Å². The van der Waals surface area contributed by atoms with Crippen LogP contribution in [-0.2, 0) is 6.54 Å². The van der Waals surface area contributed by atoms with Gasteiger partial charge in [-0.1, -0.05) is 18.2 Å². The molecule has 0 aliphatic heterocycles. The highest BCUT2D eigenvalue weighted by Gasteiger charge is 2.03. The maximum absolute atomic E-state index is 8.91. The number of aromatic nitrogens is 2. The van der Waals surface area contributed by atoms with Gasteiger partial charge < -0.3 is 10.4 Å². The van der Waals surface area contributed by atoms with Crippen LogP contribution in [0.2, 0.25) is 0 Å². The molecular formula is C13H17N3O. The van der Waals surface area contributed by atoms with Gasteiger partial charge in [0.2, 0.25) is 0 Å². The Morgan fingerprint density at radius 1 is 1.29 bits per heavy atom. The van der Waals surface area contributed by atoms with Crippen molar-refractivity contribution in [3.63, 3.8) is 0 Å². The summed E-state index contributed by atoms with van der Waals surface area (Å²) < 4.78 is 1.85. The Labute approximate surface area is 101 Å². The van der Waals surface area contributed by atoms with Gasteiger partial charge in [-0.2, -0.15) is 5.10 Å². The first kappa shape index (κ1) is 11.8. The van der Waals surface area contributed by atoms with E-state index >= 15 is 0 Å². The highest BCUT2D eigenvalue weighted by Crippen LogP contribution is 2.06. The van der Waals surface area contributed by atoms with Gasteiger partial charge in [-0.15, -0.1) is 0 Å². The van der Waals surface area contributed by atoms with Gasteiger partial charge in [-0.25, -0.2) is 4.68 Å². The van der Waals surface area contributed by atoms with E-state index in [-0.39, 0.29) is 12.6 Å². The fourth-order valence-electron chi connectivity index (χ4n) is 1.52. The molecule has 2 N–H and O–H groups in total. The van der Waals surface area contributed by atoms with E-state index in [2.05, 4.69) is 10.4 Å². The van der Waals surface area contributed by atoms with E-state index in [0.717, 1.165) is 11.4 Å². The first-order chi connectivity index (χ1) is 8.29. The van der Waals surface area contributed by atoms with Crippen molar-refractivity contribution in [3.05, 3.63) is 48.3 Å². The minimum Gasteiger partial charge on any atom is -0.395 e. The molecule has 0 aliphatic rings. The zero-order chi connectivity index (χ0) is 12.1. The van der Waals surface area contributed by atoms with Crippen molar-refractivity contribution < 1.29 is 5.11 Å². The van der Waals surface area contributed by atoms with Crippen LogP contribution in [0.4, 0.5) is 0 Å². The van der Waals surface area contributed by atoms with Gasteiger partial charge in [0.05, 0.1) is 18.0 Å². The molecule has 1 unspecified atom stereocenters. The monoisotopic (exact) mass is 231 g/mol. The number of para-hydroxylation sites is 1. The van der Waals surface area contributed by atoms with Crippen LogP contribution in [0.1, 0.15) is 12.6 Å². The van der Waals surface area contributed by atoms with E-state index in [1.807, 2.05) is 54.2 Å². The second-order valence-electron chi connectivity index (χ2n) is 4.05. The molecule has 2 rings (SSSR count). The number of hydrogen-bond acceptors (Lipinski definition) is 3. The van der Waals surface area contributed by atoms with Crippen molar-refractivity contribution >= 4 is 0 Å². The van der Waals surface area contributed by atoms with Crippen molar-refractivity contribution in [1.29, 1.82) is 0 Å². The van der Waals surface area contributed by atoms with Crippen LogP contribution >= 0.6 is 0 Å². The molecule has 1 aromatic carbocycles. The number of benzene rings is 1. The van der Waals surface area contributed by atoms with Crippen LogP contribution < -0.4 is 5.32 Å². The van der Waals surface area contributed by atoms with E-state index < -0.39 is 0 Å². The third kappa shape index (κ3) is 3.15. The van der Waals surface area contributed by atoms with Crippen molar-refractivity contribution in [1.82, 2.24) is 15.1 Å². The fourth-order valence-corrected chi connectivity index (χ4v) is 1.52. The molecule has 90 valence electrons. The van der Waals surface area contributed by atoms with Crippen molar-refractivity contribution in [3.8, 4) is 5.69 Å². The molecule has 4 heteroatoms. The zero-order valence-corrected chi connectivity index (χ0v) is 9.87. The molecule has 1 heterocycles. The minimum atomic E-state index is 0.0943. The van der Waals surface area contributed by atoms with Gasteiger partial charge >= 0.3 is 0 Å². The number of aliphatic hydroxyl groups excluding tert-OH is 1. The number of aliphatic hydroxyl groups is 1. The molecule has 0 fully saturated rings. The van der Waals surface area contributed by atoms with Crippen LogP contribution in [0.25, 0.3) is 5.69 Å². The van der Waals surface area contributed by atoms with Crippen molar-refractivity contribution in [2.45, 2.75) is 19.5 Å². The molecule has 0 saturated carbocycles. The molecule has 2 aromatic rings. The van der Waals surface area contributed by atoms with Crippen LogP contribution in [0.3, 0.4) is 0 Å². The van der Waals surface area contributed by atoms with Crippen LogP contribution in [0.15, 0.2) is 42.6 Å². The SMILES string of the molecule is CC(CO)NCc1ccn(-c2ccccc2)n1. The van der Waals surface area contributed by atoms with E-state index in [1.165, 1.54) is 0 Å². The summed E-state index contributed by atoms with van der Waals surface area (Å²) in [6.45, 7) is 2.75. The lowest BCUT2D eigenvalue weighted by Gasteiger charge is -2.08. The summed E-state index contributed by atoms with van der Waals surface area (Å²) in [5.74, 6) is 0. The van der Waals surface area contributed by atoms with E-state index in [9.17, 15) is 0 Å². The number of rotatable bonds is 5. The Morgan fingerprint density at radius 2 is 2.06 bits per heavy atom. The van der Waals surface area contributed by atoms with Crippen LogP contribution in [-0.4, -0.2) is 27.5 Å². The normalized spacial score (nSPS) is 12.6. The molecule has 0 radical (unpaired) electrons. The largest absolute Gasteiger partial charge is 0.395 e. The van der Waals surface area contributed by atoms with Crippen molar-refractivity contribution in [2.24, 2.45) is 0 Å². The molecule has 0 saturated heterocycles. The van der Waals surface area contributed by atoms with Gasteiger partial charge in [0, 0.05) is 18.8 Å². The Hall–Kier alpha value is -1.65. The molecule has 0 aliphatic carbocycles. The lowest BCUT2D eigenvalue weighted by Crippen LogP contribution is -2.28. The summed E-state index contributed by atoms with van der Waals surface area (Å²) >= 11 is 0. The maximum Gasteiger partial charge on any atom is 0.0766 e. The second-order valence-corrected chi connectivity index (χ2v) is 4.05. The summed E-state index contributed by atoms with van der Waals surface area (Å²) in [5, 5.41) is 16.6. The Balaban J connectivity index is 2.01. The molecule has 1 aromatic heterocycles. The van der Waals surface area contributed by atoms with E-state index in [4.69, 9.17) is 5.11 Å². The average Bonchev–Trinajstić information content (AvgIpc) is 2.86. The third-order valence-corrected chi connectivity index (χ3v) is 2.57. The first-order valence-electron chi connectivity index (χ1n) is 5.74. The topological polar surface area (TPSA) is 50.1 Å². The Kier molecular flexibility index (Phi) is 3.90. The molecule has 0 amide bonds. The lowest BCUT2D eigenvalue weighted by molar-refractivity contribution is 0.250. The fraction of sp³-hybridized carbons (Fsp3) is 0.308. The molecule has 17 heavy (non-hydrogen) atoms. The van der Waals surface area contributed by atoms with E-state index in [1.54, 1.807) is 0 Å². The zero-order valence-electron chi connectivity index (χ0n) is 9.87. The molecule has 0 spiro atoms. The van der Waals surface area contributed by atoms with Crippen LogP contribution in [0, 0.1) is 0 Å². The Bertz CT molecular complexity index is 453. The second kappa shape index (κ2) is 5.61. The first-order valence-corrected chi connectivity index (χ1v) is 5.74. The minimum absolute atomic E-state index is 0.0943. The molecular weight excluding hydrogens is 214 g/mol. The molecule has 4 nitrogen and oxygen atoms in total. The average molecular weight is 231 g/mol. The highest BCUT2D eigenvalue weighted by atomic mass is 16.3. The number of nitrogens with one attached hydrogen (secondary N) is 1. The predicted molar refractivity (Wildman–Crippen MR) is 67.0 cm³/mol. The predicted octanol–water partition coefficient (Wildman–Crippen LogP) is 1.34. The summed E-state index contributed by atoms with van der Waals surface area (Å²) in [6.07, 6.45) is 1.94. The number of nitrogens with zero attached hydrogens (tertiary/aromatic N) is 2. The highest BCUT2D eigenvalue weighted by molar-refractivity contribution is 5.30. The van der Waals surface area contributed by atoms with E-state index in [0.29, 0.717) is 6.54 Å². The van der Waals surface area contributed by atoms with Gasteiger partial charge in [-0.05, 0) is 25.1 Å². The quantitative estimate of drug-likeness (QED) is 0.816. The Morgan fingerprint density at radius 3 is 2.76 bits per heavy atom. The molecule has 0 bridgehead atoms. The number of hydrogen-bond donors (Lipinski definition) is 2. The standard InChI is InChI=1S/C13H17N3O/c1-11(10-17)14-9-12-7-8-16(15-12)13-5-3-2-4-6-13/h2-8,11,14,17H,9-10H2,1H3. The third-order valence-electron chi connectivity index (χ3n) is 2.57. The van der Waals surface area contributed by atoms with Gasteiger partial charge in [0.25, 0.3) is 0 Å². The van der Waals surface area contributed by atoms with Crippen molar-refractivity contribution in [2.75, 3.05) is 6.61 Å². The summed E-state index contributed by atoms with van der Waals surface area (Å²) in [7, 11) is 0. The summed E-state index contributed by atoms with van der Waals surface area (Å²) in [4.78, 5) is 0. The summed E-state index contributed by atoms with van der Waals surface area (Å²) in [5.41, 5.74) is 2.02. The lowest BCUT2D eigenvalue weighted by atomic mass is 10.3. The summed E-state index contributed by atoms with van der Waals surface area (Å²) in [6, 6.07) is 12.1. The molecule has 1 atom stereocenters. The smallest absolute Gasteiger partial charge is 0.0766 e. The van der Waals surface area contributed by atoms with Gasteiger partial charge in [0.15, 0.2) is 0 Å². The van der Waals surface area contributed by atoms with Crippen LogP contribution in [0.5, 0.6) is 0 Å².